The molecule has 1 aromatic heterocycles. The van der Waals surface area contributed by atoms with Gasteiger partial charge in [-0.15, -0.1) is 0 Å². The molecule has 2 rings (SSSR count). The highest BCUT2D eigenvalue weighted by molar-refractivity contribution is 7.91. The molecule has 100 valence electrons. The molecular formula is C12H18N2O3S. The van der Waals surface area contributed by atoms with Crippen LogP contribution in [0.25, 0.3) is 0 Å². The lowest BCUT2D eigenvalue weighted by molar-refractivity contribution is 0.281. The van der Waals surface area contributed by atoms with Gasteiger partial charge >= 0.3 is 0 Å². The predicted octanol–water partition coefficient (Wildman–Crippen LogP) is 0.506. The van der Waals surface area contributed by atoms with Gasteiger partial charge in [-0.1, -0.05) is 0 Å². The average Bonchev–Trinajstić information content (AvgIpc) is 2.29. The molecule has 1 atom stereocenters. The van der Waals surface area contributed by atoms with Crippen molar-refractivity contribution >= 4 is 15.7 Å². The molecule has 0 saturated carbocycles. The number of hydrogen-bond acceptors (Lipinski definition) is 5. The Bertz CT molecular complexity index is 542. The molecule has 6 heteroatoms. The maximum atomic E-state index is 11.5. The maximum Gasteiger partial charge on any atom is 0.154 e. The molecule has 0 aromatic carbocycles. The predicted molar refractivity (Wildman–Crippen MR) is 70.4 cm³/mol. The molecular weight excluding hydrogens is 252 g/mol. The highest BCUT2D eigenvalue weighted by Crippen LogP contribution is 2.23. The summed E-state index contributed by atoms with van der Waals surface area (Å²) in [5.74, 6) is 1.17. The Hall–Kier alpha value is -1.14. The van der Waals surface area contributed by atoms with Crippen molar-refractivity contribution in [1.29, 1.82) is 0 Å². The quantitative estimate of drug-likeness (QED) is 0.847. The SMILES string of the molecule is Cc1cc(CO)cnc1N1CCS(=O)(=O)CC1C. The molecule has 1 fully saturated rings. The van der Waals surface area contributed by atoms with Crippen molar-refractivity contribution in [3.63, 3.8) is 0 Å². The maximum absolute atomic E-state index is 11.5. The van der Waals surface area contributed by atoms with Gasteiger partial charge in [0.2, 0.25) is 0 Å². The van der Waals surface area contributed by atoms with Crippen molar-refractivity contribution in [2.75, 3.05) is 23.0 Å². The Balaban J connectivity index is 2.27. The topological polar surface area (TPSA) is 70.5 Å². The van der Waals surface area contributed by atoms with E-state index in [4.69, 9.17) is 5.11 Å². The molecule has 0 radical (unpaired) electrons. The van der Waals surface area contributed by atoms with Crippen molar-refractivity contribution < 1.29 is 13.5 Å². The monoisotopic (exact) mass is 270 g/mol. The highest BCUT2D eigenvalue weighted by Gasteiger charge is 2.29. The highest BCUT2D eigenvalue weighted by atomic mass is 32.2. The first-order valence-corrected chi connectivity index (χ1v) is 7.78. The summed E-state index contributed by atoms with van der Waals surface area (Å²) in [7, 11) is -2.91. The standard InChI is InChI=1S/C12H18N2O3S/c1-9-5-11(7-15)6-13-12(9)14-3-4-18(16,17)8-10(14)2/h5-6,10,15H,3-4,7-8H2,1-2H3. The Morgan fingerprint density at radius 3 is 2.83 bits per heavy atom. The van der Waals surface area contributed by atoms with E-state index in [2.05, 4.69) is 4.98 Å². The van der Waals surface area contributed by atoms with Gasteiger partial charge in [0.1, 0.15) is 5.82 Å². The largest absolute Gasteiger partial charge is 0.392 e. The van der Waals surface area contributed by atoms with Crippen LogP contribution in [-0.4, -0.2) is 42.6 Å². The zero-order chi connectivity index (χ0) is 13.3. The number of aryl methyl sites for hydroxylation is 1. The van der Waals surface area contributed by atoms with Gasteiger partial charge in [-0.2, -0.15) is 0 Å². The van der Waals surface area contributed by atoms with Gasteiger partial charge in [0.25, 0.3) is 0 Å². The molecule has 0 amide bonds. The van der Waals surface area contributed by atoms with Crippen LogP contribution in [-0.2, 0) is 16.4 Å². The van der Waals surface area contributed by atoms with Crippen LogP contribution in [0.4, 0.5) is 5.82 Å². The number of hydrogen-bond donors (Lipinski definition) is 1. The number of aromatic nitrogens is 1. The molecule has 5 nitrogen and oxygen atoms in total. The number of rotatable bonds is 2. The molecule has 1 aliphatic rings. The minimum atomic E-state index is -2.91. The van der Waals surface area contributed by atoms with E-state index in [0.29, 0.717) is 6.54 Å². The lowest BCUT2D eigenvalue weighted by Gasteiger charge is -2.35. The number of nitrogens with zero attached hydrogens (tertiary/aromatic N) is 2. The van der Waals surface area contributed by atoms with E-state index in [1.165, 1.54) is 0 Å². The number of pyridine rings is 1. The van der Waals surface area contributed by atoms with Crippen molar-refractivity contribution in [3.8, 4) is 0 Å². The lowest BCUT2D eigenvalue weighted by Crippen LogP contribution is -2.47. The second kappa shape index (κ2) is 4.85. The summed E-state index contributed by atoms with van der Waals surface area (Å²) in [6.07, 6.45) is 1.64. The first-order valence-electron chi connectivity index (χ1n) is 5.96. The molecule has 0 bridgehead atoms. The smallest absolute Gasteiger partial charge is 0.154 e. The molecule has 0 aliphatic carbocycles. The summed E-state index contributed by atoms with van der Waals surface area (Å²) in [5, 5.41) is 9.05. The zero-order valence-corrected chi connectivity index (χ0v) is 11.4. The Labute approximate surface area is 107 Å². The van der Waals surface area contributed by atoms with Gasteiger partial charge in [-0.25, -0.2) is 13.4 Å². The molecule has 2 heterocycles. The second-order valence-electron chi connectivity index (χ2n) is 4.80. The fraction of sp³-hybridized carbons (Fsp3) is 0.583. The van der Waals surface area contributed by atoms with Crippen LogP contribution < -0.4 is 4.90 Å². The number of sulfone groups is 1. The van der Waals surface area contributed by atoms with Crippen LogP contribution in [0.1, 0.15) is 18.1 Å². The minimum absolute atomic E-state index is 0.0297. The van der Waals surface area contributed by atoms with Gasteiger partial charge in [-0.3, -0.25) is 0 Å². The van der Waals surface area contributed by atoms with Crippen molar-refractivity contribution in [2.24, 2.45) is 0 Å². The summed E-state index contributed by atoms with van der Waals surface area (Å²) < 4.78 is 23.1. The fourth-order valence-electron chi connectivity index (χ4n) is 2.33. The first-order chi connectivity index (χ1) is 8.43. The van der Waals surface area contributed by atoms with Gasteiger partial charge < -0.3 is 10.0 Å². The van der Waals surface area contributed by atoms with Crippen molar-refractivity contribution in [2.45, 2.75) is 26.5 Å². The third kappa shape index (κ3) is 2.64. The van der Waals surface area contributed by atoms with E-state index < -0.39 is 9.84 Å². The molecule has 1 unspecified atom stereocenters. The average molecular weight is 270 g/mol. The number of aliphatic hydroxyl groups excluding tert-OH is 1. The fourth-order valence-corrected chi connectivity index (χ4v) is 3.88. The van der Waals surface area contributed by atoms with Crippen molar-refractivity contribution in [3.05, 3.63) is 23.4 Å². The van der Waals surface area contributed by atoms with E-state index >= 15 is 0 Å². The molecule has 1 aliphatic heterocycles. The summed E-state index contributed by atoms with van der Waals surface area (Å²) in [6, 6.07) is 1.83. The normalized spacial score (nSPS) is 23.1. The van der Waals surface area contributed by atoms with Crippen LogP contribution >= 0.6 is 0 Å². The molecule has 1 aromatic rings. The van der Waals surface area contributed by atoms with Gasteiger partial charge in [0.05, 0.1) is 18.1 Å². The zero-order valence-electron chi connectivity index (χ0n) is 10.6. The second-order valence-corrected chi connectivity index (χ2v) is 7.03. The Kier molecular flexibility index (Phi) is 3.59. The summed E-state index contributed by atoms with van der Waals surface area (Å²) in [4.78, 5) is 6.37. The Morgan fingerprint density at radius 2 is 2.28 bits per heavy atom. The van der Waals surface area contributed by atoms with Crippen LogP contribution in [0.5, 0.6) is 0 Å². The first kappa shape index (κ1) is 13.3. The minimum Gasteiger partial charge on any atom is -0.392 e. The summed E-state index contributed by atoms with van der Waals surface area (Å²) in [5.41, 5.74) is 1.74. The van der Waals surface area contributed by atoms with E-state index in [-0.39, 0.29) is 24.2 Å². The third-order valence-corrected chi connectivity index (χ3v) is 5.03. The summed E-state index contributed by atoms with van der Waals surface area (Å²) >= 11 is 0. The van der Waals surface area contributed by atoms with E-state index in [0.717, 1.165) is 16.9 Å². The molecule has 18 heavy (non-hydrogen) atoms. The molecule has 0 spiro atoms. The van der Waals surface area contributed by atoms with Gasteiger partial charge in [-0.05, 0) is 31.0 Å². The number of anilines is 1. The van der Waals surface area contributed by atoms with E-state index in [1.54, 1.807) is 6.20 Å². The van der Waals surface area contributed by atoms with Gasteiger partial charge in [0.15, 0.2) is 9.84 Å². The third-order valence-electron chi connectivity index (χ3n) is 3.23. The summed E-state index contributed by atoms with van der Waals surface area (Å²) in [6.45, 7) is 4.28. The Morgan fingerprint density at radius 1 is 1.56 bits per heavy atom. The molecule has 1 saturated heterocycles. The number of aliphatic hydroxyl groups is 1. The van der Waals surface area contributed by atoms with Crippen LogP contribution in [0.15, 0.2) is 12.3 Å². The molecule has 1 N–H and O–H groups in total. The van der Waals surface area contributed by atoms with Crippen LogP contribution in [0.2, 0.25) is 0 Å². The van der Waals surface area contributed by atoms with E-state index in [9.17, 15) is 8.42 Å². The van der Waals surface area contributed by atoms with E-state index in [1.807, 2.05) is 24.8 Å². The lowest BCUT2D eigenvalue weighted by atomic mass is 10.2. The van der Waals surface area contributed by atoms with Crippen LogP contribution in [0.3, 0.4) is 0 Å². The van der Waals surface area contributed by atoms with Gasteiger partial charge in [0, 0.05) is 18.8 Å². The van der Waals surface area contributed by atoms with Crippen LogP contribution in [0, 0.1) is 6.92 Å². The van der Waals surface area contributed by atoms with Crippen molar-refractivity contribution in [1.82, 2.24) is 4.98 Å².